The van der Waals surface area contributed by atoms with E-state index < -0.39 is 20.9 Å². The van der Waals surface area contributed by atoms with E-state index in [1.165, 1.54) is 0 Å². The van der Waals surface area contributed by atoms with E-state index in [4.69, 9.17) is 11.5 Å². The van der Waals surface area contributed by atoms with E-state index in [1.807, 2.05) is 0 Å². The van der Waals surface area contributed by atoms with Crippen LogP contribution >= 0.6 is 0 Å². The summed E-state index contributed by atoms with van der Waals surface area (Å²) in [4.78, 5) is 10.5. The lowest BCUT2D eigenvalue weighted by molar-refractivity contribution is -0.137. The first kappa shape index (κ1) is 10.5. The second-order valence-electron chi connectivity index (χ2n) is 2.41. The fourth-order valence-corrected chi connectivity index (χ4v) is 1.99. The molecule has 8 heteroatoms. The zero-order valence-electron chi connectivity index (χ0n) is 7.35. The van der Waals surface area contributed by atoms with Gasteiger partial charge in [-0.1, -0.05) is 0 Å². The van der Waals surface area contributed by atoms with E-state index in [9.17, 15) is 13.2 Å². The van der Waals surface area contributed by atoms with Crippen LogP contribution in [0.5, 0.6) is 0 Å². The highest BCUT2D eigenvalue weighted by Gasteiger charge is 2.35. The van der Waals surface area contributed by atoms with Crippen LogP contribution in [0.15, 0.2) is 15.0 Å². The van der Waals surface area contributed by atoms with Crippen LogP contribution in [0.4, 0.5) is 0 Å². The van der Waals surface area contributed by atoms with Crippen LogP contribution in [0.2, 0.25) is 0 Å². The van der Waals surface area contributed by atoms with Gasteiger partial charge in [-0.05, 0) is 6.92 Å². The molecule has 0 bridgehead atoms. The Morgan fingerprint density at radius 3 is 2.43 bits per heavy atom. The molecule has 7 nitrogen and oxygen atoms in total. The Kier molecular flexibility index (Phi) is 2.47. The zero-order valence-corrected chi connectivity index (χ0v) is 8.17. The van der Waals surface area contributed by atoms with Crippen molar-refractivity contribution >= 4 is 21.8 Å². The molecule has 78 valence electrons. The summed E-state index contributed by atoms with van der Waals surface area (Å²) >= 11 is 0. The molecule has 0 unspecified atom stereocenters. The van der Waals surface area contributed by atoms with Gasteiger partial charge >= 0.3 is 5.97 Å². The molecule has 14 heavy (non-hydrogen) atoms. The van der Waals surface area contributed by atoms with Gasteiger partial charge in [-0.25, -0.2) is 4.79 Å². The Morgan fingerprint density at radius 2 is 2.07 bits per heavy atom. The highest BCUT2D eigenvalue weighted by atomic mass is 32.2. The number of esters is 1. The summed E-state index contributed by atoms with van der Waals surface area (Å²) in [5, 5.41) is 0. The van der Waals surface area contributed by atoms with Crippen LogP contribution in [0, 0.1) is 0 Å². The zero-order chi connectivity index (χ0) is 10.9. The second kappa shape index (κ2) is 3.29. The topological polar surface area (TPSA) is 125 Å². The van der Waals surface area contributed by atoms with E-state index in [0.29, 0.717) is 0 Å². The molecule has 1 aliphatic rings. The van der Waals surface area contributed by atoms with E-state index in [1.54, 1.807) is 6.92 Å². The lowest BCUT2D eigenvalue weighted by Crippen LogP contribution is -2.22. The normalized spacial score (nSPS) is 19.4. The first-order valence-electron chi connectivity index (χ1n) is 3.68. The lowest BCUT2D eigenvalue weighted by Gasteiger charge is -2.01. The predicted octanol–water partition coefficient (Wildman–Crippen LogP) is -1.58. The van der Waals surface area contributed by atoms with E-state index >= 15 is 0 Å². The molecule has 0 spiro atoms. The summed E-state index contributed by atoms with van der Waals surface area (Å²) < 4.78 is 29.9. The summed E-state index contributed by atoms with van der Waals surface area (Å²) in [5.41, 5.74) is 10.1. The smallest absolute Gasteiger partial charge is 0.354 e. The van der Waals surface area contributed by atoms with Crippen molar-refractivity contribution in [3.63, 3.8) is 0 Å². The Morgan fingerprint density at radius 1 is 1.50 bits per heavy atom. The van der Waals surface area contributed by atoms with Crippen LogP contribution in [0.3, 0.4) is 0 Å². The fourth-order valence-electron chi connectivity index (χ4n) is 0.891. The molecule has 0 aromatic carbocycles. The molecule has 0 fully saturated rings. The largest absolute Gasteiger partial charge is 0.462 e. The SMILES string of the molecule is CCOC(=O)C1=C(N)C(N)=NS1(=O)=O. The number of hydrogen-bond acceptors (Lipinski definition) is 6. The number of carbonyl (C=O) groups excluding carboxylic acids is 1. The average Bonchev–Trinajstić information content (AvgIpc) is 2.21. The number of rotatable bonds is 2. The van der Waals surface area contributed by atoms with Crippen molar-refractivity contribution in [3.05, 3.63) is 10.6 Å². The van der Waals surface area contributed by atoms with Gasteiger partial charge in [0.25, 0.3) is 10.0 Å². The molecular formula is C6H9N3O4S. The van der Waals surface area contributed by atoms with Gasteiger partial charge < -0.3 is 16.2 Å². The number of amidine groups is 1. The quantitative estimate of drug-likeness (QED) is 0.540. The molecule has 0 saturated carbocycles. The van der Waals surface area contributed by atoms with Gasteiger partial charge in [0.15, 0.2) is 5.84 Å². The maximum absolute atomic E-state index is 11.2. The van der Waals surface area contributed by atoms with Crippen molar-refractivity contribution < 1.29 is 17.9 Å². The molecule has 0 aromatic rings. The van der Waals surface area contributed by atoms with Crippen LogP contribution in [-0.4, -0.2) is 26.8 Å². The molecule has 0 saturated heterocycles. The molecule has 0 aromatic heterocycles. The molecular weight excluding hydrogens is 210 g/mol. The second-order valence-corrected chi connectivity index (χ2v) is 3.96. The molecule has 4 N–H and O–H groups in total. The number of nitrogens with two attached hydrogens (primary N) is 2. The third kappa shape index (κ3) is 1.55. The first-order chi connectivity index (χ1) is 6.40. The minimum atomic E-state index is -4.06. The highest BCUT2D eigenvalue weighted by Crippen LogP contribution is 2.20. The standard InChI is InChI=1S/C6H9N3O4S/c1-2-13-6(10)4-3(7)5(8)9-14(4,11)12/h2,7H2,1H3,(H2,8,9). The lowest BCUT2D eigenvalue weighted by atomic mass is 10.4. The van der Waals surface area contributed by atoms with E-state index in [2.05, 4.69) is 9.13 Å². The molecule has 0 amide bonds. The van der Waals surface area contributed by atoms with Crippen molar-refractivity contribution in [1.29, 1.82) is 0 Å². The van der Waals surface area contributed by atoms with Gasteiger partial charge in [0.05, 0.1) is 6.61 Å². The molecule has 0 atom stereocenters. The average molecular weight is 219 g/mol. The third-order valence-corrected chi connectivity index (χ3v) is 2.80. The van der Waals surface area contributed by atoms with Gasteiger partial charge in [0, 0.05) is 0 Å². The Hall–Kier alpha value is -1.57. The monoisotopic (exact) mass is 219 g/mol. The number of ether oxygens (including phenoxy) is 1. The maximum Gasteiger partial charge on any atom is 0.354 e. The van der Waals surface area contributed by atoms with Crippen LogP contribution < -0.4 is 11.5 Å². The summed E-state index contributed by atoms with van der Waals surface area (Å²) in [6.07, 6.45) is 0. The molecule has 0 aliphatic carbocycles. The van der Waals surface area contributed by atoms with Crippen LogP contribution in [0.25, 0.3) is 0 Å². The van der Waals surface area contributed by atoms with E-state index in [-0.39, 0.29) is 18.1 Å². The number of nitrogens with zero attached hydrogens (tertiary/aromatic N) is 1. The molecule has 1 heterocycles. The number of sulfonamides is 1. The number of carbonyl (C=O) groups is 1. The fraction of sp³-hybridized carbons (Fsp3) is 0.333. The Balaban J connectivity index is 3.19. The van der Waals surface area contributed by atoms with Crippen molar-refractivity contribution in [2.75, 3.05) is 6.61 Å². The van der Waals surface area contributed by atoms with Gasteiger partial charge in [-0.2, -0.15) is 8.42 Å². The summed E-state index contributed by atoms with van der Waals surface area (Å²) in [6, 6.07) is 0. The minimum absolute atomic E-state index is 0.0467. The van der Waals surface area contributed by atoms with Gasteiger partial charge in [0.2, 0.25) is 4.91 Å². The van der Waals surface area contributed by atoms with Crippen molar-refractivity contribution in [2.45, 2.75) is 6.92 Å². The van der Waals surface area contributed by atoms with Crippen LogP contribution in [0.1, 0.15) is 6.92 Å². The molecule has 1 rings (SSSR count). The van der Waals surface area contributed by atoms with E-state index in [0.717, 1.165) is 0 Å². The maximum atomic E-state index is 11.2. The van der Waals surface area contributed by atoms with Gasteiger partial charge in [-0.15, -0.1) is 4.40 Å². The van der Waals surface area contributed by atoms with Crippen molar-refractivity contribution in [3.8, 4) is 0 Å². The van der Waals surface area contributed by atoms with Gasteiger partial charge in [0.1, 0.15) is 5.70 Å². The summed E-state index contributed by atoms with van der Waals surface area (Å²) in [5.74, 6) is -1.41. The van der Waals surface area contributed by atoms with Crippen LogP contribution in [-0.2, 0) is 19.6 Å². The molecule has 0 radical (unpaired) electrons. The summed E-state index contributed by atoms with van der Waals surface area (Å²) in [7, 11) is -4.06. The first-order valence-corrected chi connectivity index (χ1v) is 5.12. The minimum Gasteiger partial charge on any atom is -0.462 e. The predicted molar refractivity (Wildman–Crippen MR) is 48.4 cm³/mol. The van der Waals surface area contributed by atoms with Crippen molar-refractivity contribution in [1.82, 2.24) is 0 Å². The molecule has 1 aliphatic heterocycles. The van der Waals surface area contributed by atoms with Crippen molar-refractivity contribution in [2.24, 2.45) is 15.9 Å². The summed E-state index contributed by atoms with van der Waals surface area (Å²) in [6.45, 7) is 1.59. The Bertz CT molecular complexity index is 434. The number of hydrogen-bond donors (Lipinski definition) is 2. The Labute approximate surface area is 80.5 Å². The third-order valence-electron chi connectivity index (χ3n) is 1.46. The van der Waals surface area contributed by atoms with Gasteiger partial charge in [-0.3, -0.25) is 0 Å². The highest BCUT2D eigenvalue weighted by molar-refractivity contribution is 7.95.